The van der Waals surface area contributed by atoms with Crippen molar-refractivity contribution in [2.75, 3.05) is 13.1 Å². The van der Waals surface area contributed by atoms with Crippen LogP contribution in [0.5, 0.6) is 0 Å². The number of hydrogen-bond donors (Lipinski definition) is 1. The van der Waals surface area contributed by atoms with Gasteiger partial charge in [-0.3, -0.25) is 9.59 Å². The number of hydrogen-bond acceptors (Lipinski definition) is 2. The molecule has 1 aliphatic carbocycles. The Morgan fingerprint density at radius 3 is 2.24 bits per heavy atom. The second-order valence-electron chi connectivity index (χ2n) is 5.97. The van der Waals surface area contributed by atoms with E-state index in [1.54, 1.807) is 4.90 Å². The van der Waals surface area contributed by atoms with Gasteiger partial charge in [0.25, 0.3) is 0 Å². The fourth-order valence-electron chi connectivity index (χ4n) is 1.88. The molecule has 0 bridgehead atoms. The Morgan fingerprint density at radius 2 is 1.88 bits per heavy atom. The lowest BCUT2D eigenvalue weighted by molar-refractivity contribution is -0.137. The average Bonchev–Trinajstić information content (AvgIpc) is 2.88. The maximum Gasteiger partial charge on any atom is 0.240 e. The highest BCUT2D eigenvalue weighted by Gasteiger charge is 2.41. The van der Waals surface area contributed by atoms with Gasteiger partial charge in [-0.05, 0) is 40.0 Å². The summed E-state index contributed by atoms with van der Waals surface area (Å²) in [5, 5.41) is 2.88. The van der Waals surface area contributed by atoms with Gasteiger partial charge < -0.3 is 10.2 Å². The number of carbonyl (C=O) groups is 2. The molecule has 1 rings (SSSR count). The highest BCUT2D eigenvalue weighted by molar-refractivity contribution is 5.87. The van der Waals surface area contributed by atoms with Gasteiger partial charge in [0.2, 0.25) is 11.8 Å². The first kappa shape index (κ1) is 14.0. The zero-order valence-electron chi connectivity index (χ0n) is 11.5. The van der Waals surface area contributed by atoms with Crippen molar-refractivity contribution in [3.63, 3.8) is 0 Å². The van der Waals surface area contributed by atoms with E-state index >= 15 is 0 Å². The maximum absolute atomic E-state index is 12.0. The predicted octanol–water partition coefficient (Wildman–Crippen LogP) is 1.41. The largest absolute Gasteiger partial charge is 0.350 e. The van der Waals surface area contributed by atoms with Gasteiger partial charge in [0.15, 0.2) is 0 Å². The van der Waals surface area contributed by atoms with Crippen molar-refractivity contribution >= 4 is 11.8 Å². The first-order valence-corrected chi connectivity index (χ1v) is 6.34. The van der Waals surface area contributed by atoms with Gasteiger partial charge in [0.1, 0.15) is 0 Å². The summed E-state index contributed by atoms with van der Waals surface area (Å²) in [4.78, 5) is 25.4. The molecule has 0 spiro atoms. The monoisotopic (exact) mass is 240 g/mol. The van der Waals surface area contributed by atoms with Crippen LogP contribution in [0.1, 0.15) is 41.0 Å². The molecule has 4 nitrogen and oxygen atoms in total. The van der Waals surface area contributed by atoms with Gasteiger partial charge in [-0.25, -0.2) is 0 Å². The summed E-state index contributed by atoms with van der Waals surface area (Å²) >= 11 is 0. The summed E-state index contributed by atoms with van der Waals surface area (Å²) in [5.41, 5.74) is -0.244. The van der Waals surface area contributed by atoms with Crippen molar-refractivity contribution in [2.24, 2.45) is 11.8 Å². The lowest BCUT2D eigenvalue weighted by Gasteiger charge is -2.25. The number of rotatable bonds is 4. The molecule has 1 aliphatic rings. The van der Waals surface area contributed by atoms with Crippen LogP contribution >= 0.6 is 0 Å². The first-order chi connectivity index (χ1) is 7.74. The number of likely N-dealkylation sites (N-methyl/N-ethyl adjacent to an activating group) is 1. The van der Waals surface area contributed by atoms with E-state index in [1.165, 1.54) is 0 Å². The van der Waals surface area contributed by atoms with Crippen LogP contribution in [0.15, 0.2) is 0 Å². The molecule has 0 radical (unpaired) electrons. The van der Waals surface area contributed by atoms with Crippen LogP contribution in [0.4, 0.5) is 0 Å². The third-order valence-electron chi connectivity index (χ3n) is 2.97. The minimum absolute atomic E-state index is 0.0824. The van der Waals surface area contributed by atoms with E-state index in [1.807, 2.05) is 27.7 Å². The van der Waals surface area contributed by atoms with E-state index < -0.39 is 0 Å². The molecule has 4 heteroatoms. The van der Waals surface area contributed by atoms with Crippen molar-refractivity contribution in [1.29, 1.82) is 0 Å². The van der Waals surface area contributed by atoms with Gasteiger partial charge in [0.05, 0.1) is 6.54 Å². The molecule has 0 aromatic heterocycles. The van der Waals surface area contributed by atoms with Crippen LogP contribution in [0.3, 0.4) is 0 Å². The molecule has 0 aliphatic heterocycles. The van der Waals surface area contributed by atoms with E-state index in [0.29, 0.717) is 12.5 Å². The molecule has 2 unspecified atom stereocenters. The van der Waals surface area contributed by atoms with Crippen LogP contribution in [0, 0.1) is 11.8 Å². The summed E-state index contributed by atoms with van der Waals surface area (Å²) in [5.74, 6) is 0.685. The molecule has 2 atom stereocenters. The topological polar surface area (TPSA) is 49.4 Å². The highest BCUT2D eigenvalue weighted by Crippen LogP contribution is 2.39. The number of carbonyl (C=O) groups excluding carboxylic acids is 2. The minimum Gasteiger partial charge on any atom is -0.350 e. The van der Waals surface area contributed by atoms with Crippen molar-refractivity contribution in [1.82, 2.24) is 10.2 Å². The molecule has 2 amide bonds. The molecule has 0 heterocycles. The van der Waals surface area contributed by atoms with Crippen molar-refractivity contribution in [3.05, 3.63) is 0 Å². The Labute approximate surface area is 104 Å². The Balaban J connectivity index is 2.46. The number of amides is 2. The molecule has 17 heavy (non-hydrogen) atoms. The molecular weight excluding hydrogens is 216 g/mol. The molecular formula is C13H24N2O2. The van der Waals surface area contributed by atoms with Crippen molar-refractivity contribution < 1.29 is 9.59 Å². The zero-order valence-corrected chi connectivity index (χ0v) is 11.5. The third kappa shape index (κ3) is 4.36. The second-order valence-corrected chi connectivity index (χ2v) is 5.97. The van der Waals surface area contributed by atoms with Gasteiger partial charge in [0, 0.05) is 18.0 Å². The molecule has 0 aromatic carbocycles. The Hall–Kier alpha value is -1.06. The lowest BCUT2D eigenvalue weighted by atomic mass is 10.1. The van der Waals surface area contributed by atoms with E-state index in [2.05, 4.69) is 12.2 Å². The van der Waals surface area contributed by atoms with Crippen LogP contribution < -0.4 is 5.32 Å². The first-order valence-electron chi connectivity index (χ1n) is 6.34. The Bertz CT molecular complexity index is 307. The molecule has 1 fully saturated rings. The Kier molecular flexibility index (Phi) is 4.17. The summed E-state index contributed by atoms with van der Waals surface area (Å²) in [6.07, 6.45) is 0.968. The van der Waals surface area contributed by atoms with Gasteiger partial charge in [-0.1, -0.05) is 6.92 Å². The van der Waals surface area contributed by atoms with E-state index in [-0.39, 0.29) is 29.8 Å². The van der Waals surface area contributed by atoms with Crippen molar-refractivity contribution in [3.8, 4) is 0 Å². The van der Waals surface area contributed by atoms with Crippen molar-refractivity contribution in [2.45, 2.75) is 46.6 Å². The highest BCUT2D eigenvalue weighted by atomic mass is 16.2. The molecule has 1 saturated carbocycles. The minimum atomic E-state index is -0.244. The smallest absolute Gasteiger partial charge is 0.240 e. The third-order valence-corrected chi connectivity index (χ3v) is 2.97. The quantitative estimate of drug-likeness (QED) is 0.807. The average molecular weight is 240 g/mol. The lowest BCUT2D eigenvalue weighted by Crippen LogP contribution is -2.47. The van der Waals surface area contributed by atoms with Gasteiger partial charge in [-0.2, -0.15) is 0 Å². The van der Waals surface area contributed by atoms with E-state index in [9.17, 15) is 9.59 Å². The predicted molar refractivity (Wildman–Crippen MR) is 67.4 cm³/mol. The van der Waals surface area contributed by atoms with E-state index in [0.717, 1.165) is 6.42 Å². The second kappa shape index (κ2) is 5.07. The molecule has 98 valence electrons. The Morgan fingerprint density at radius 1 is 1.35 bits per heavy atom. The fourth-order valence-corrected chi connectivity index (χ4v) is 1.88. The SMILES string of the molecule is CCN(CC(=O)NC(C)(C)C)C(=O)C1CC1C. The normalized spacial score (nSPS) is 23.1. The summed E-state index contributed by atoms with van der Waals surface area (Å²) in [6.45, 7) is 10.6. The summed E-state index contributed by atoms with van der Waals surface area (Å²) in [7, 11) is 0. The zero-order chi connectivity index (χ0) is 13.2. The summed E-state index contributed by atoms with van der Waals surface area (Å²) < 4.78 is 0. The van der Waals surface area contributed by atoms with Crippen LogP contribution in [0.2, 0.25) is 0 Å². The fraction of sp³-hybridized carbons (Fsp3) is 0.846. The van der Waals surface area contributed by atoms with E-state index in [4.69, 9.17) is 0 Å². The number of nitrogens with zero attached hydrogens (tertiary/aromatic N) is 1. The molecule has 1 N–H and O–H groups in total. The van der Waals surface area contributed by atoms with Gasteiger partial charge in [-0.15, -0.1) is 0 Å². The van der Waals surface area contributed by atoms with Crippen LogP contribution in [0.25, 0.3) is 0 Å². The van der Waals surface area contributed by atoms with Gasteiger partial charge >= 0.3 is 0 Å². The molecule has 0 aromatic rings. The van der Waals surface area contributed by atoms with Crippen LogP contribution in [-0.2, 0) is 9.59 Å². The summed E-state index contributed by atoms with van der Waals surface area (Å²) in [6, 6.07) is 0. The maximum atomic E-state index is 12.0. The number of nitrogens with one attached hydrogen (secondary N) is 1. The van der Waals surface area contributed by atoms with Crippen LogP contribution in [-0.4, -0.2) is 35.3 Å². The standard InChI is InChI=1S/C13H24N2O2/c1-6-15(12(17)10-7-9(10)2)8-11(16)14-13(3,4)5/h9-10H,6-8H2,1-5H3,(H,14,16). The molecule has 0 saturated heterocycles.